The minimum absolute atomic E-state index is 0.278. The maximum Gasteiger partial charge on any atom is 0.156 e. The molecule has 7 heteroatoms. The van der Waals surface area contributed by atoms with E-state index in [0.29, 0.717) is 11.3 Å². The second-order valence-electron chi connectivity index (χ2n) is 7.69. The number of hydrogen-bond acceptors (Lipinski definition) is 5. The van der Waals surface area contributed by atoms with Gasteiger partial charge in [-0.1, -0.05) is 0 Å². The summed E-state index contributed by atoms with van der Waals surface area (Å²) in [7, 11) is 1.58. The molecular weight excluding hydrogens is 383 g/mol. The summed E-state index contributed by atoms with van der Waals surface area (Å²) in [6, 6.07) is 12.3. The van der Waals surface area contributed by atoms with Crippen molar-refractivity contribution in [1.82, 2.24) is 19.5 Å². The second kappa shape index (κ2) is 7.91. The molecule has 6 nitrogen and oxygen atoms in total. The van der Waals surface area contributed by atoms with Gasteiger partial charge < -0.3 is 9.15 Å². The maximum atomic E-state index is 13.8. The fourth-order valence-corrected chi connectivity index (χ4v) is 4.17. The van der Waals surface area contributed by atoms with E-state index in [9.17, 15) is 4.39 Å². The molecule has 3 aromatic heterocycles. The van der Waals surface area contributed by atoms with E-state index in [4.69, 9.17) is 19.2 Å². The van der Waals surface area contributed by atoms with Crippen LogP contribution in [-0.4, -0.2) is 39.7 Å². The normalized spacial score (nSPS) is 17.5. The molecule has 4 heterocycles. The fourth-order valence-electron chi connectivity index (χ4n) is 4.17. The quantitative estimate of drug-likeness (QED) is 0.488. The summed E-state index contributed by atoms with van der Waals surface area (Å²) in [5, 5.41) is 4.75. The third-order valence-corrected chi connectivity index (χ3v) is 5.65. The minimum atomic E-state index is -0.302. The van der Waals surface area contributed by atoms with Crippen molar-refractivity contribution in [2.75, 3.05) is 20.2 Å². The first-order chi connectivity index (χ1) is 14.7. The van der Waals surface area contributed by atoms with Gasteiger partial charge >= 0.3 is 0 Å². The molecule has 30 heavy (non-hydrogen) atoms. The number of rotatable bonds is 5. The summed E-state index contributed by atoms with van der Waals surface area (Å²) in [6.07, 6.45) is 5.76. The number of ether oxygens (including phenoxy) is 1. The Morgan fingerprint density at radius 2 is 2.17 bits per heavy atom. The Morgan fingerprint density at radius 3 is 3.00 bits per heavy atom. The molecular formula is C23H23FN4O2. The first-order valence-corrected chi connectivity index (χ1v) is 10.1. The molecule has 1 aliphatic rings. The zero-order valence-electron chi connectivity index (χ0n) is 16.8. The van der Waals surface area contributed by atoms with Crippen molar-refractivity contribution in [3.63, 3.8) is 0 Å². The Balaban J connectivity index is 1.41. The van der Waals surface area contributed by atoms with Gasteiger partial charge in [0.2, 0.25) is 0 Å². The van der Waals surface area contributed by atoms with Crippen LogP contribution in [0.3, 0.4) is 0 Å². The number of methoxy groups -OCH3 is 1. The third-order valence-electron chi connectivity index (χ3n) is 5.65. The van der Waals surface area contributed by atoms with Gasteiger partial charge in [0.05, 0.1) is 19.9 Å². The van der Waals surface area contributed by atoms with Crippen LogP contribution in [0.25, 0.3) is 16.8 Å². The summed E-state index contributed by atoms with van der Waals surface area (Å²) in [4.78, 5) is 7.15. The van der Waals surface area contributed by atoms with Crippen LogP contribution < -0.4 is 4.74 Å². The number of furan rings is 1. The highest BCUT2D eigenvalue weighted by Crippen LogP contribution is 2.31. The summed E-state index contributed by atoms with van der Waals surface area (Å²) in [6.45, 7) is 2.76. The van der Waals surface area contributed by atoms with E-state index in [1.54, 1.807) is 24.0 Å². The third kappa shape index (κ3) is 3.68. The maximum absolute atomic E-state index is 13.8. The average Bonchev–Trinajstić information content (AvgIpc) is 3.43. The van der Waals surface area contributed by atoms with Crippen LogP contribution in [0.4, 0.5) is 4.39 Å². The topological polar surface area (TPSA) is 55.8 Å². The highest BCUT2D eigenvalue weighted by molar-refractivity contribution is 5.71. The van der Waals surface area contributed by atoms with Gasteiger partial charge in [-0.2, -0.15) is 5.10 Å². The van der Waals surface area contributed by atoms with E-state index in [1.807, 2.05) is 30.5 Å². The molecule has 0 bridgehead atoms. The Labute approximate surface area is 173 Å². The van der Waals surface area contributed by atoms with Crippen LogP contribution in [0.5, 0.6) is 5.75 Å². The van der Waals surface area contributed by atoms with Crippen LogP contribution in [0.1, 0.15) is 30.3 Å². The molecule has 1 atom stereocenters. The monoisotopic (exact) mass is 406 g/mol. The number of nitrogens with zero attached hydrogens (tertiary/aromatic N) is 4. The molecule has 0 N–H and O–H groups in total. The number of aromatic nitrogens is 3. The van der Waals surface area contributed by atoms with Crippen molar-refractivity contribution in [2.45, 2.75) is 25.3 Å². The minimum Gasteiger partial charge on any atom is -0.496 e. The standard InChI is InChI=1S/C23H23FN4O2/c1-29-21-8-7-18(24)12-20(21)16-6-9-22-25-23(26-28(22)14-16)17-4-2-10-27(13-17)15-19-5-3-11-30-19/h3,5-9,11-12,14,17H,2,4,10,13,15H2,1H3. The molecule has 0 spiro atoms. The van der Waals surface area contributed by atoms with E-state index >= 15 is 0 Å². The molecule has 0 radical (unpaired) electrons. The molecule has 4 aromatic rings. The van der Waals surface area contributed by atoms with E-state index in [-0.39, 0.29) is 11.7 Å². The Bertz CT molecular complexity index is 1160. The molecule has 1 aliphatic heterocycles. The Hall–Kier alpha value is -3.19. The molecule has 1 saturated heterocycles. The lowest BCUT2D eigenvalue weighted by molar-refractivity contribution is 0.183. The van der Waals surface area contributed by atoms with Crippen LogP contribution >= 0.6 is 0 Å². The average molecular weight is 406 g/mol. The largest absolute Gasteiger partial charge is 0.496 e. The van der Waals surface area contributed by atoms with Gasteiger partial charge in [-0.25, -0.2) is 13.9 Å². The lowest BCUT2D eigenvalue weighted by atomic mass is 9.97. The lowest BCUT2D eigenvalue weighted by Crippen LogP contribution is -2.34. The van der Waals surface area contributed by atoms with Gasteiger partial charge in [-0.15, -0.1) is 0 Å². The van der Waals surface area contributed by atoms with Gasteiger partial charge in [-0.05, 0) is 61.9 Å². The van der Waals surface area contributed by atoms with Gasteiger partial charge in [0.1, 0.15) is 17.3 Å². The Morgan fingerprint density at radius 1 is 1.23 bits per heavy atom. The number of halogens is 1. The molecule has 1 fully saturated rings. The number of benzene rings is 1. The molecule has 0 amide bonds. The van der Waals surface area contributed by atoms with Crippen LogP contribution in [-0.2, 0) is 6.54 Å². The van der Waals surface area contributed by atoms with E-state index in [2.05, 4.69) is 4.90 Å². The van der Waals surface area contributed by atoms with Crippen molar-refractivity contribution >= 4 is 5.65 Å². The van der Waals surface area contributed by atoms with Crippen molar-refractivity contribution in [1.29, 1.82) is 0 Å². The second-order valence-corrected chi connectivity index (χ2v) is 7.69. The lowest BCUT2D eigenvalue weighted by Gasteiger charge is -2.30. The van der Waals surface area contributed by atoms with Crippen molar-refractivity contribution in [3.8, 4) is 16.9 Å². The number of hydrogen-bond donors (Lipinski definition) is 0. The molecule has 0 aliphatic carbocycles. The number of fused-ring (bicyclic) bond motifs is 1. The summed E-state index contributed by atoms with van der Waals surface area (Å²) in [5.74, 6) is 2.43. The molecule has 154 valence electrons. The smallest absolute Gasteiger partial charge is 0.156 e. The first kappa shape index (κ1) is 18.8. The molecule has 1 aromatic carbocycles. The van der Waals surface area contributed by atoms with Crippen molar-refractivity contribution in [3.05, 3.63) is 72.3 Å². The van der Waals surface area contributed by atoms with Crippen LogP contribution in [0.2, 0.25) is 0 Å². The van der Waals surface area contributed by atoms with Gasteiger partial charge in [-0.3, -0.25) is 4.90 Å². The van der Waals surface area contributed by atoms with Crippen molar-refractivity contribution in [2.24, 2.45) is 0 Å². The first-order valence-electron chi connectivity index (χ1n) is 10.1. The zero-order valence-corrected chi connectivity index (χ0v) is 16.8. The van der Waals surface area contributed by atoms with E-state index < -0.39 is 0 Å². The Kier molecular flexibility index (Phi) is 4.96. The van der Waals surface area contributed by atoms with Gasteiger partial charge in [0, 0.05) is 29.8 Å². The molecule has 0 saturated carbocycles. The highest BCUT2D eigenvalue weighted by atomic mass is 19.1. The summed E-state index contributed by atoms with van der Waals surface area (Å²) in [5.41, 5.74) is 2.31. The van der Waals surface area contributed by atoms with Gasteiger partial charge in [0.15, 0.2) is 11.5 Å². The number of piperidine rings is 1. The van der Waals surface area contributed by atoms with Crippen LogP contribution in [0.15, 0.2) is 59.3 Å². The summed E-state index contributed by atoms with van der Waals surface area (Å²) >= 11 is 0. The van der Waals surface area contributed by atoms with E-state index in [0.717, 1.165) is 55.3 Å². The molecule has 1 unspecified atom stereocenters. The summed E-state index contributed by atoms with van der Waals surface area (Å²) < 4.78 is 26.5. The fraction of sp³-hybridized carbons (Fsp3) is 0.304. The molecule has 5 rings (SSSR count). The van der Waals surface area contributed by atoms with Gasteiger partial charge in [0.25, 0.3) is 0 Å². The van der Waals surface area contributed by atoms with E-state index in [1.165, 1.54) is 12.1 Å². The number of likely N-dealkylation sites (tertiary alicyclic amines) is 1. The predicted octanol–water partition coefficient (Wildman–Crippen LogP) is 4.52. The van der Waals surface area contributed by atoms with Crippen LogP contribution in [0, 0.1) is 5.82 Å². The number of pyridine rings is 1. The highest BCUT2D eigenvalue weighted by Gasteiger charge is 2.25. The predicted molar refractivity (Wildman–Crippen MR) is 111 cm³/mol. The van der Waals surface area contributed by atoms with Crippen molar-refractivity contribution < 1.29 is 13.5 Å². The SMILES string of the molecule is COc1ccc(F)cc1-c1ccc2nc(C3CCCN(Cc4ccco4)C3)nn2c1. The zero-order chi connectivity index (χ0) is 20.5.